The standard InChI is InChI=1S/C19H14N4O4/c1-11-20-9-15-6-13-7-17-18(27-10-26-17)8-16(13)19(21-22(11)15)12-2-4-14(5-3-12)23(24)25/h2-5,7-9H,6,10H2,1H3. The van der Waals surface area contributed by atoms with Gasteiger partial charge in [0.15, 0.2) is 11.5 Å². The van der Waals surface area contributed by atoms with Crippen molar-refractivity contribution in [3.05, 3.63) is 80.9 Å². The van der Waals surface area contributed by atoms with Crippen LogP contribution in [0.4, 0.5) is 5.69 Å². The number of hydrogen-bond acceptors (Lipinski definition) is 6. The number of hydrogen-bond donors (Lipinski definition) is 0. The number of aryl methyl sites for hydroxylation is 1. The topological polar surface area (TPSA) is 91.8 Å². The van der Waals surface area contributed by atoms with Gasteiger partial charge in [0, 0.05) is 29.7 Å². The van der Waals surface area contributed by atoms with Crippen LogP contribution in [0.1, 0.15) is 28.2 Å². The third kappa shape index (κ3) is 2.45. The van der Waals surface area contributed by atoms with Crippen molar-refractivity contribution in [3.63, 3.8) is 0 Å². The second-order valence-corrected chi connectivity index (χ2v) is 6.40. The molecule has 27 heavy (non-hydrogen) atoms. The van der Waals surface area contributed by atoms with E-state index in [0.29, 0.717) is 23.6 Å². The summed E-state index contributed by atoms with van der Waals surface area (Å²) >= 11 is 0. The maximum Gasteiger partial charge on any atom is 0.269 e. The van der Waals surface area contributed by atoms with Crippen molar-refractivity contribution in [1.82, 2.24) is 9.66 Å². The number of benzene rings is 2. The molecular weight excluding hydrogens is 348 g/mol. The van der Waals surface area contributed by atoms with Crippen LogP contribution in [0.2, 0.25) is 0 Å². The molecule has 2 aromatic carbocycles. The van der Waals surface area contributed by atoms with Crippen LogP contribution >= 0.6 is 0 Å². The molecule has 134 valence electrons. The maximum atomic E-state index is 11.0. The lowest BCUT2D eigenvalue weighted by molar-refractivity contribution is -0.384. The second-order valence-electron chi connectivity index (χ2n) is 6.40. The third-order valence-electron chi connectivity index (χ3n) is 4.76. The molecule has 1 aromatic heterocycles. The predicted molar refractivity (Wildman–Crippen MR) is 96.5 cm³/mol. The minimum absolute atomic E-state index is 0.0402. The predicted octanol–water partition coefficient (Wildman–Crippen LogP) is 3.03. The van der Waals surface area contributed by atoms with Gasteiger partial charge in [-0.1, -0.05) is 0 Å². The van der Waals surface area contributed by atoms with Gasteiger partial charge in [-0.3, -0.25) is 10.1 Å². The van der Waals surface area contributed by atoms with E-state index in [2.05, 4.69) is 4.98 Å². The number of non-ortho nitro benzene ring substituents is 1. The third-order valence-corrected chi connectivity index (χ3v) is 4.76. The molecule has 0 fully saturated rings. The van der Waals surface area contributed by atoms with Crippen molar-refractivity contribution in [2.75, 3.05) is 6.79 Å². The van der Waals surface area contributed by atoms with E-state index in [9.17, 15) is 10.1 Å². The van der Waals surface area contributed by atoms with Crippen molar-refractivity contribution >= 4 is 11.4 Å². The zero-order valence-electron chi connectivity index (χ0n) is 14.4. The van der Waals surface area contributed by atoms with Crippen LogP contribution in [0.3, 0.4) is 0 Å². The van der Waals surface area contributed by atoms with E-state index in [0.717, 1.165) is 28.2 Å². The van der Waals surface area contributed by atoms with Crippen molar-refractivity contribution in [2.24, 2.45) is 5.10 Å². The lowest BCUT2D eigenvalue weighted by atomic mass is 9.94. The number of imidazole rings is 1. The molecule has 3 heterocycles. The van der Waals surface area contributed by atoms with E-state index in [-0.39, 0.29) is 12.5 Å². The zero-order valence-corrected chi connectivity index (χ0v) is 14.4. The highest BCUT2D eigenvalue weighted by molar-refractivity contribution is 6.14. The number of fused-ring (bicyclic) bond motifs is 3. The first-order valence-corrected chi connectivity index (χ1v) is 8.40. The largest absolute Gasteiger partial charge is 0.454 e. The molecule has 0 saturated carbocycles. The van der Waals surface area contributed by atoms with Gasteiger partial charge in [-0.15, -0.1) is 0 Å². The molecule has 0 bridgehead atoms. The highest BCUT2D eigenvalue weighted by atomic mass is 16.7. The Morgan fingerprint density at radius 2 is 1.89 bits per heavy atom. The number of ether oxygens (including phenoxy) is 2. The van der Waals surface area contributed by atoms with Gasteiger partial charge in [-0.2, -0.15) is 5.10 Å². The first kappa shape index (κ1) is 15.6. The quantitative estimate of drug-likeness (QED) is 0.404. The van der Waals surface area contributed by atoms with Gasteiger partial charge in [-0.05, 0) is 36.8 Å². The van der Waals surface area contributed by atoms with Crippen molar-refractivity contribution in [2.45, 2.75) is 13.3 Å². The fraction of sp³-hybridized carbons (Fsp3) is 0.158. The van der Waals surface area contributed by atoms with Crippen LogP contribution in [0.15, 0.2) is 47.7 Å². The van der Waals surface area contributed by atoms with Gasteiger partial charge in [-0.25, -0.2) is 9.66 Å². The number of nitrogens with zero attached hydrogens (tertiary/aromatic N) is 4. The molecule has 8 heteroatoms. The van der Waals surface area contributed by atoms with Gasteiger partial charge < -0.3 is 9.47 Å². The normalized spacial score (nSPS) is 14.2. The van der Waals surface area contributed by atoms with Gasteiger partial charge in [0.1, 0.15) is 5.82 Å². The first-order chi connectivity index (χ1) is 13.1. The van der Waals surface area contributed by atoms with Gasteiger partial charge in [0.25, 0.3) is 5.69 Å². The summed E-state index contributed by atoms with van der Waals surface area (Å²) in [6.07, 6.45) is 2.46. The molecular formula is C19H14N4O4. The molecule has 0 amide bonds. The Labute approximate surface area is 153 Å². The highest BCUT2D eigenvalue weighted by Gasteiger charge is 2.25. The number of nitro groups is 1. The van der Waals surface area contributed by atoms with E-state index in [1.54, 1.807) is 12.1 Å². The Kier molecular flexibility index (Phi) is 3.27. The minimum atomic E-state index is -0.414. The van der Waals surface area contributed by atoms with Crippen molar-refractivity contribution < 1.29 is 14.4 Å². The average molecular weight is 362 g/mol. The number of aromatic nitrogens is 2. The fourth-order valence-electron chi connectivity index (χ4n) is 3.40. The van der Waals surface area contributed by atoms with E-state index in [1.165, 1.54) is 12.1 Å². The lowest BCUT2D eigenvalue weighted by Crippen LogP contribution is -2.08. The SMILES string of the molecule is Cc1ncc2n1N=C(c1ccc([N+](=O)[O-])cc1)c1cc3c(cc1C2)OCO3. The van der Waals surface area contributed by atoms with Crippen LogP contribution < -0.4 is 9.47 Å². The molecule has 5 rings (SSSR count). The molecule has 8 nitrogen and oxygen atoms in total. The van der Waals surface area contributed by atoms with Crippen LogP contribution in [0.5, 0.6) is 11.5 Å². The van der Waals surface area contributed by atoms with E-state index < -0.39 is 4.92 Å². The molecule has 2 aliphatic heterocycles. The molecule has 0 atom stereocenters. The summed E-state index contributed by atoms with van der Waals surface area (Å²) in [7, 11) is 0. The Hall–Kier alpha value is -3.68. The molecule has 0 unspecified atom stereocenters. The summed E-state index contributed by atoms with van der Waals surface area (Å²) < 4.78 is 12.9. The number of nitro benzene ring substituents is 1. The van der Waals surface area contributed by atoms with Gasteiger partial charge >= 0.3 is 0 Å². The average Bonchev–Trinajstić information content (AvgIpc) is 3.21. The molecule has 0 spiro atoms. The monoisotopic (exact) mass is 362 g/mol. The smallest absolute Gasteiger partial charge is 0.269 e. The molecule has 0 N–H and O–H groups in total. The molecule has 2 aliphatic rings. The minimum Gasteiger partial charge on any atom is -0.454 e. The summed E-state index contributed by atoms with van der Waals surface area (Å²) in [6, 6.07) is 10.3. The fourth-order valence-corrected chi connectivity index (χ4v) is 3.40. The Balaban J connectivity index is 1.73. The summed E-state index contributed by atoms with van der Waals surface area (Å²) in [4.78, 5) is 14.9. The van der Waals surface area contributed by atoms with Crippen molar-refractivity contribution in [3.8, 4) is 11.5 Å². The lowest BCUT2D eigenvalue weighted by Gasteiger charge is -2.11. The van der Waals surface area contributed by atoms with E-state index in [1.807, 2.05) is 29.9 Å². The highest BCUT2D eigenvalue weighted by Crippen LogP contribution is 2.37. The number of rotatable bonds is 2. The van der Waals surface area contributed by atoms with E-state index >= 15 is 0 Å². The maximum absolute atomic E-state index is 11.0. The first-order valence-electron chi connectivity index (χ1n) is 8.40. The zero-order chi connectivity index (χ0) is 18.5. The Morgan fingerprint density at radius 1 is 1.15 bits per heavy atom. The summed E-state index contributed by atoms with van der Waals surface area (Å²) in [5.41, 5.74) is 4.44. The Bertz CT molecular complexity index is 1120. The van der Waals surface area contributed by atoms with Crippen LogP contribution in [-0.4, -0.2) is 27.1 Å². The van der Waals surface area contributed by atoms with Crippen LogP contribution in [0.25, 0.3) is 0 Å². The summed E-state index contributed by atoms with van der Waals surface area (Å²) in [5.74, 6) is 2.16. The van der Waals surface area contributed by atoms with Gasteiger partial charge in [0.2, 0.25) is 6.79 Å². The molecule has 0 radical (unpaired) electrons. The Morgan fingerprint density at radius 3 is 2.63 bits per heavy atom. The molecule has 0 aliphatic carbocycles. The van der Waals surface area contributed by atoms with Crippen molar-refractivity contribution in [1.29, 1.82) is 0 Å². The molecule has 0 saturated heterocycles. The van der Waals surface area contributed by atoms with Crippen LogP contribution in [-0.2, 0) is 6.42 Å². The second kappa shape index (κ2) is 5.66. The summed E-state index contributed by atoms with van der Waals surface area (Å²) in [5, 5.41) is 15.8. The van der Waals surface area contributed by atoms with Crippen LogP contribution in [0, 0.1) is 17.0 Å². The van der Waals surface area contributed by atoms with Gasteiger partial charge in [0.05, 0.1) is 22.5 Å². The van der Waals surface area contributed by atoms with E-state index in [4.69, 9.17) is 14.6 Å². The molecule has 3 aromatic rings. The summed E-state index contributed by atoms with van der Waals surface area (Å²) in [6.45, 7) is 2.09.